The lowest BCUT2D eigenvalue weighted by atomic mass is 10.8. The van der Waals surface area contributed by atoms with E-state index in [-0.39, 0.29) is 8.80 Å². The van der Waals surface area contributed by atoms with Crippen molar-refractivity contribution in [3.63, 3.8) is 0 Å². The molecule has 0 aromatic heterocycles. The van der Waals surface area contributed by atoms with Crippen LogP contribution in [0, 0.1) is 0 Å². The molecule has 0 aliphatic rings. The Balaban J connectivity index is 3.28. The Hall–Kier alpha value is 0.174. The lowest BCUT2D eigenvalue weighted by Gasteiger charge is -2.06. The van der Waals surface area contributed by atoms with E-state index in [1.54, 1.807) is 5.67 Å². The minimum Gasteiger partial charge on any atom is -0.103 e. The van der Waals surface area contributed by atoms with Crippen molar-refractivity contribution in [2.75, 3.05) is 0 Å². The molecule has 0 aromatic rings. The van der Waals surface area contributed by atoms with Gasteiger partial charge < -0.3 is 0 Å². The molecule has 0 rings (SSSR count). The average molecular weight is 158 g/mol. The van der Waals surface area contributed by atoms with Crippen LogP contribution in [0.1, 0.15) is 6.92 Å². The second kappa shape index (κ2) is 6.30. The van der Waals surface area contributed by atoms with Gasteiger partial charge in [-0.1, -0.05) is 31.3 Å². The molecule has 1 atom stereocenters. The van der Waals surface area contributed by atoms with Crippen molar-refractivity contribution in [2.45, 2.75) is 31.2 Å². The summed E-state index contributed by atoms with van der Waals surface area (Å²) in [6, 6.07) is 2.85. The smallest absolute Gasteiger partial charge is 0.0372 e. The van der Waals surface area contributed by atoms with Gasteiger partial charge in [0, 0.05) is 18.3 Å². The lowest BCUT2D eigenvalue weighted by Crippen LogP contribution is -2.10. The zero-order valence-electron chi connectivity index (χ0n) is 6.69. The highest BCUT2D eigenvalue weighted by atomic mass is 28.3. The molecule has 0 amide bonds. The van der Waals surface area contributed by atoms with E-state index in [0.29, 0.717) is 9.52 Å². The molecule has 0 spiro atoms. The Morgan fingerprint density at radius 2 is 2.33 bits per heavy atom. The number of allylic oxidation sites excluding steroid dienone is 1. The molecule has 0 aromatic carbocycles. The summed E-state index contributed by atoms with van der Waals surface area (Å²) in [6.07, 6.45) is 2.12. The third kappa shape index (κ3) is 4.66. The Bertz CT molecular complexity index is 71.3. The van der Waals surface area contributed by atoms with Gasteiger partial charge in [-0.25, -0.2) is 0 Å². The standard InChI is InChI=1S/C7H18Si2/c1-4-6-9(5-2)7-8-3/h4,9H,1,5-8H2,2-3H3. The van der Waals surface area contributed by atoms with E-state index < -0.39 is 0 Å². The first-order valence-corrected chi connectivity index (χ1v) is 8.82. The molecule has 0 aliphatic carbocycles. The molecule has 0 fully saturated rings. The van der Waals surface area contributed by atoms with Crippen molar-refractivity contribution in [2.24, 2.45) is 0 Å². The molecule has 0 heterocycles. The highest BCUT2D eigenvalue weighted by Gasteiger charge is 2.02. The van der Waals surface area contributed by atoms with E-state index in [0.717, 1.165) is 0 Å². The maximum atomic E-state index is 3.78. The van der Waals surface area contributed by atoms with Crippen molar-refractivity contribution < 1.29 is 0 Å². The third-order valence-corrected chi connectivity index (χ3v) is 9.50. The van der Waals surface area contributed by atoms with E-state index >= 15 is 0 Å². The number of hydrogen-bond acceptors (Lipinski definition) is 0. The molecule has 2 heteroatoms. The molecule has 0 radical (unpaired) electrons. The predicted octanol–water partition coefficient (Wildman–Crippen LogP) is 1.59. The summed E-state index contributed by atoms with van der Waals surface area (Å²) < 4.78 is 0. The van der Waals surface area contributed by atoms with Crippen LogP contribution in [-0.4, -0.2) is 18.3 Å². The van der Waals surface area contributed by atoms with Crippen LogP contribution >= 0.6 is 0 Å². The SMILES string of the molecule is C=CC[SiH](CC)C[SiH2]C. The minimum absolute atomic E-state index is 0.269. The van der Waals surface area contributed by atoms with Crippen molar-refractivity contribution >= 4 is 18.3 Å². The maximum absolute atomic E-state index is 3.78. The van der Waals surface area contributed by atoms with E-state index in [2.05, 4.69) is 26.1 Å². The van der Waals surface area contributed by atoms with Gasteiger partial charge in [0.05, 0.1) is 0 Å². The summed E-state index contributed by atoms with van der Waals surface area (Å²) >= 11 is 0. The largest absolute Gasteiger partial charge is 0.103 e. The summed E-state index contributed by atoms with van der Waals surface area (Å²) in [5.41, 5.74) is 1.64. The fraction of sp³-hybridized carbons (Fsp3) is 0.714. The number of hydrogen-bond donors (Lipinski definition) is 0. The second-order valence-corrected chi connectivity index (χ2v) is 8.92. The molecule has 0 bridgehead atoms. The van der Waals surface area contributed by atoms with Gasteiger partial charge in [0.15, 0.2) is 0 Å². The van der Waals surface area contributed by atoms with Crippen LogP contribution in [0.4, 0.5) is 0 Å². The normalized spacial score (nSPS) is 14.4. The highest BCUT2D eigenvalue weighted by Crippen LogP contribution is 2.03. The zero-order valence-corrected chi connectivity index (χ0v) is 9.26. The molecule has 0 aliphatic heterocycles. The maximum Gasteiger partial charge on any atom is 0.0372 e. The molecule has 0 nitrogen and oxygen atoms in total. The first-order chi connectivity index (χ1) is 4.35. The molecule has 1 unspecified atom stereocenters. The monoisotopic (exact) mass is 158 g/mol. The van der Waals surface area contributed by atoms with Gasteiger partial charge >= 0.3 is 0 Å². The van der Waals surface area contributed by atoms with Gasteiger partial charge in [0.1, 0.15) is 0 Å². The van der Waals surface area contributed by atoms with E-state index in [4.69, 9.17) is 0 Å². The predicted molar refractivity (Wildman–Crippen MR) is 51.8 cm³/mol. The van der Waals surface area contributed by atoms with Gasteiger partial charge in [-0.05, 0) is 6.04 Å². The van der Waals surface area contributed by atoms with Crippen molar-refractivity contribution in [1.29, 1.82) is 0 Å². The summed E-state index contributed by atoms with van der Waals surface area (Å²) in [6.45, 7) is 8.53. The fourth-order valence-electron chi connectivity index (χ4n) is 1.13. The summed E-state index contributed by atoms with van der Waals surface area (Å²) in [5.74, 6) is 0. The molecule has 0 saturated heterocycles. The third-order valence-electron chi connectivity index (χ3n) is 1.77. The van der Waals surface area contributed by atoms with E-state index in [1.807, 2.05) is 0 Å². The minimum atomic E-state index is -0.269. The first kappa shape index (κ1) is 9.17. The summed E-state index contributed by atoms with van der Waals surface area (Å²) in [4.78, 5) is 0. The summed E-state index contributed by atoms with van der Waals surface area (Å²) in [7, 11) is 0.0799. The van der Waals surface area contributed by atoms with Gasteiger partial charge in [0.2, 0.25) is 0 Å². The van der Waals surface area contributed by atoms with Crippen LogP contribution in [-0.2, 0) is 0 Å². The van der Waals surface area contributed by atoms with Crippen LogP contribution < -0.4 is 0 Å². The number of rotatable bonds is 5. The van der Waals surface area contributed by atoms with E-state index in [9.17, 15) is 0 Å². The molecular formula is C7H18Si2. The van der Waals surface area contributed by atoms with Gasteiger partial charge in [-0.2, -0.15) is 0 Å². The van der Waals surface area contributed by atoms with Crippen LogP contribution in [0.15, 0.2) is 12.7 Å². The van der Waals surface area contributed by atoms with Crippen LogP contribution in [0.25, 0.3) is 0 Å². The highest BCUT2D eigenvalue weighted by molar-refractivity contribution is 6.69. The van der Waals surface area contributed by atoms with Crippen LogP contribution in [0.5, 0.6) is 0 Å². The zero-order chi connectivity index (χ0) is 7.11. The van der Waals surface area contributed by atoms with Crippen LogP contribution in [0.3, 0.4) is 0 Å². The summed E-state index contributed by atoms with van der Waals surface area (Å²) in [5, 5.41) is 0. The topological polar surface area (TPSA) is 0 Å². The molecule has 54 valence electrons. The second-order valence-electron chi connectivity index (χ2n) is 2.59. The van der Waals surface area contributed by atoms with Gasteiger partial charge in [0.25, 0.3) is 0 Å². The van der Waals surface area contributed by atoms with Crippen molar-refractivity contribution in [1.82, 2.24) is 0 Å². The molecule has 0 saturated carbocycles. The molecule has 9 heavy (non-hydrogen) atoms. The Kier molecular flexibility index (Phi) is 6.42. The Morgan fingerprint density at radius 1 is 1.67 bits per heavy atom. The van der Waals surface area contributed by atoms with Gasteiger partial charge in [-0.15, -0.1) is 6.58 Å². The molecular weight excluding hydrogens is 140 g/mol. The quantitative estimate of drug-likeness (QED) is 0.421. The van der Waals surface area contributed by atoms with Crippen molar-refractivity contribution in [3.05, 3.63) is 12.7 Å². The Labute approximate surface area is 62.8 Å². The lowest BCUT2D eigenvalue weighted by molar-refractivity contribution is 1.36. The van der Waals surface area contributed by atoms with Crippen molar-refractivity contribution in [3.8, 4) is 0 Å². The Morgan fingerprint density at radius 3 is 2.67 bits per heavy atom. The van der Waals surface area contributed by atoms with Gasteiger partial charge in [-0.3, -0.25) is 0 Å². The van der Waals surface area contributed by atoms with Crippen LogP contribution in [0.2, 0.25) is 24.3 Å². The average Bonchev–Trinajstić information content (AvgIpc) is 1.88. The fourth-order valence-corrected chi connectivity index (χ4v) is 7.78. The first-order valence-electron chi connectivity index (χ1n) is 3.96. The van der Waals surface area contributed by atoms with E-state index in [1.165, 1.54) is 12.1 Å². The molecule has 0 N–H and O–H groups in total.